The molecule has 0 saturated carbocycles. The van der Waals surface area contributed by atoms with Crippen molar-refractivity contribution in [3.63, 3.8) is 0 Å². The molecular weight excluding hydrogens is 290 g/mol. The van der Waals surface area contributed by atoms with E-state index in [4.69, 9.17) is 0 Å². The van der Waals surface area contributed by atoms with Crippen molar-refractivity contribution in [2.45, 2.75) is 26.3 Å². The Bertz CT molecular complexity index is 580. The van der Waals surface area contributed by atoms with E-state index >= 15 is 0 Å². The Morgan fingerprint density at radius 3 is 2.76 bits per heavy atom. The largest absolute Gasteiger partial charge is 0.339 e. The number of aromatic nitrogens is 3. The fraction of sp³-hybridized carbons (Fsp3) is 0.385. The van der Waals surface area contributed by atoms with Gasteiger partial charge in [0.2, 0.25) is 5.91 Å². The minimum atomic E-state index is -0.621. The molecule has 112 valence electrons. The monoisotopic (exact) mass is 307 g/mol. The molecule has 0 radical (unpaired) electrons. The number of rotatable bonds is 6. The molecular formula is C13H17N5O2S. The second kappa shape index (κ2) is 6.98. The third-order valence-electron chi connectivity index (χ3n) is 2.74. The smallest absolute Gasteiger partial charge is 0.269 e. The van der Waals surface area contributed by atoms with Gasteiger partial charge < -0.3 is 10.6 Å². The predicted molar refractivity (Wildman–Crippen MR) is 80.0 cm³/mol. The highest BCUT2D eigenvalue weighted by Crippen LogP contribution is 2.13. The quantitative estimate of drug-likeness (QED) is 0.755. The van der Waals surface area contributed by atoms with Gasteiger partial charge in [-0.3, -0.25) is 14.7 Å². The lowest BCUT2D eigenvalue weighted by atomic mass is 10.0. The summed E-state index contributed by atoms with van der Waals surface area (Å²) in [6.07, 6.45) is 3.64. The molecule has 7 nitrogen and oxygen atoms in total. The lowest BCUT2D eigenvalue weighted by Gasteiger charge is -2.19. The Morgan fingerprint density at radius 2 is 2.19 bits per heavy atom. The molecule has 8 heteroatoms. The van der Waals surface area contributed by atoms with Crippen LogP contribution in [0.4, 0.5) is 5.13 Å². The Balaban J connectivity index is 2.03. The first-order valence-corrected chi connectivity index (χ1v) is 7.45. The van der Waals surface area contributed by atoms with E-state index in [9.17, 15) is 9.59 Å². The van der Waals surface area contributed by atoms with Gasteiger partial charge in [-0.2, -0.15) is 5.10 Å². The summed E-state index contributed by atoms with van der Waals surface area (Å²) in [5.74, 6) is -0.363. The van der Waals surface area contributed by atoms with Crippen molar-refractivity contribution in [3.05, 3.63) is 29.5 Å². The maximum absolute atomic E-state index is 12.3. The van der Waals surface area contributed by atoms with Crippen LogP contribution in [0.15, 0.2) is 23.8 Å². The Morgan fingerprint density at radius 1 is 1.38 bits per heavy atom. The predicted octanol–water partition coefficient (Wildman–Crippen LogP) is 1.65. The summed E-state index contributed by atoms with van der Waals surface area (Å²) < 4.78 is 0. The molecule has 0 saturated heterocycles. The van der Waals surface area contributed by atoms with E-state index in [0.717, 1.165) is 0 Å². The molecule has 0 fully saturated rings. The second-order valence-electron chi connectivity index (χ2n) is 4.95. The number of thiazole rings is 1. The normalized spacial score (nSPS) is 12.1. The van der Waals surface area contributed by atoms with E-state index in [1.165, 1.54) is 17.5 Å². The van der Waals surface area contributed by atoms with Gasteiger partial charge in [0.1, 0.15) is 11.7 Å². The SMILES string of the molecule is CC(C)CC(NC(=O)c1ccn[nH]1)C(=O)Nc1nccs1. The van der Waals surface area contributed by atoms with Crippen LogP contribution < -0.4 is 10.6 Å². The molecule has 2 heterocycles. The lowest BCUT2D eigenvalue weighted by Crippen LogP contribution is -2.44. The Labute approximate surface area is 126 Å². The van der Waals surface area contributed by atoms with Crippen LogP contribution in [0.25, 0.3) is 0 Å². The Kier molecular flexibility index (Phi) is 5.04. The molecule has 3 N–H and O–H groups in total. The van der Waals surface area contributed by atoms with Crippen LogP contribution in [0.2, 0.25) is 0 Å². The molecule has 0 aliphatic rings. The standard InChI is InChI=1S/C13H17N5O2S/c1-8(2)7-10(12(20)17-13-14-5-6-21-13)16-11(19)9-3-4-15-18-9/h3-6,8,10H,7H2,1-2H3,(H,15,18)(H,16,19)(H,14,17,20). The highest BCUT2D eigenvalue weighted by molar-refractivity contribution is 7.13. The maximum atomic E-state index is 12.3. The number of nitrogens with one attached hydrogen (secondary N) is 3. The average molecular weight is 307 g/mol. The van der Waals surface area contributed by atoms with Crippen molar-refractivity contribution in [1.29, 1.82) is 0 Å². The second-order valence-corrected chi connectivity index (χ2v) is 5.85. The molecule has 0 aliphatic heterocycles. The molecule has 1 atom stereocenters. The van der Waals surface area contributed by atoms with E-state index in [0.29, 0.717) is 17.2 Å². The molecule has 0 bridgehead atoms. The van der Waals surface area contributed by atoms with Crippen molar-refractivity contribution >= 4 is 28.3 Å². The number of amides is 2. The maximum Gasteiger partial charge on any atom is 0.269 e. The highest BCUT2D eigenvalue weighted by Gasteiger charge is 2.23. The summed E-state index contributed by atoms with van der Waals surface area (Å²) in [4.78, 5) is 28.3. The van der Waals surface area contributed by atoms with E-state index in [2.05, 4.69) is 25.8 Å². The highest BCUT2D eigenvalue weighted by atomic mass is 32.1. The molecule has 0 spiro atoms. The van der Waals surface area contributed by atoms with Crippen LogP contribution in [0.3, 0.4) is 0 Å². The number of nitrogens with zero attached hydrogens (tertiary/aromatic N) is 2. The van der Waals surface area contributed by atoms with Crippen molar-refractivity contribution in [3.8, 4) is 0 Å². The molecule has 21 heavy (non-hydrogen) atoms. The summed E-state index contributed by atoms with van der Waals surface area (Å²) in [6.45, 7) is 3.98. The summed E-state index contributed by atoms with van der Waals surface area (Å²) in [6, 6.07) is 0.935. The zero-order valence-electron chi connectivity index (χ0n) is 11.8. The molecule has 2 aromatic heterocycles. The van der Waals surface area contributed by atoms with Crippen LogP contribution in [-0.2, 0) is 4.79 Å². The number of H-pyrrole nitrogens is 1. The first kappa shape index (κ1) is 15.2. The summed E-state index contributed by atoms with van der Waals surface area (Å²) in [7, 11) is 0. The van der Waals surface area contributed by atoms with Crippen molar-refractivity contribution < 1.29 is 9.59 Å². The average Bonchev–Trinajstić information content (AvgIpc) is 3.10. The third-order valence-corrected chi connectivity index (χ3v) is 3.43. The van der Waals surface area contributed by atoms with Crippen LogP contribution in [0.5, 0.6) is 0 Å². The van der Waals surface area contributed by atoms with Crippen molar-refractivity contribution in [1.82, 2.24) is 20.5 Å². The van der Waals surface area contributed by atoms with Crippen LogP contribution >= 0.6 is 11.3 Å². The van der Waals surface area contributed by atoms with Crippen molar-refractivity contribution in [2.24, 2.45) is 5.92 Å². The topological polar surface area (TPSA) is 99.8 Å². The van der Waals surface area contributed by atoms with E-state index in [1.807, 2.05) is 13.8 Å². The number of hydrogen-bond acceptors (Lipinski definition) is 5. The van der Waals surface area contributed by atoms with E-state index in [-0.39, 0.29) is 17.7 Å². The summed E-state index contributed by atoms with van der Waals surface area (Å²) in [5, 5.41) is 14.0. The molecule has 2 aromatic rings. The zero-order chi connectivity index (χ0) is 15.2. The van der Waals surface area contributed by atoms with Gasteiger partial charge in [0.05, 0.1) is 0 Å². The molecule has 0 aliphatic carbocycles. The number of anilines is 1. The minimum Gasteiger partial charge on any atom is -0.339 e. The molecule has 1 unspecified atom stereocenters. The zero-order valence-corrected chi connectivity index (χ0v) is 12.6. The molecule has 2 amide bonds. The van der Waals surface area contributed by atoms with E-state index < -0.39 is 6.04 Å². The third kappa shape index (κ3) is 4.38. The Hall–Kier alpha value is -2.22. The van der Waals surface area contributed by atoms with Gasteiger partial charge in [-0.1, -0.05) is 13.8 Å². The number of carbonyl (C=O) groups is 2. The first-order valence-electron chi connectivity index (χ1n) is 6.57. The fourth-order valence-electron chi connectivity index (χ4n) is 1.80. The van der Waals surface area contributed by atoms with Crippen LogP contribution in [-0.4, -0.2) is 33.0 Å². The number of carbonyl (C=O) groups excluding carboxylic acids is 2. The van der Waals surface area contributed by atoms with Crippen LogP contribution in [0.1, 0.15) is 30.8 Å². The summed E-state index contributed by atoms with van der Waals surface area (Å²) in [5.41, 5.74) is 0.325. The van der Waals surface area contributed by atoms with Gasteiger partial charge in [0.25, 0.3) is 5.91 Å². The summed E-state index contributed by atoms with van der Waals surface area (Å²) >= 11 is 1.33. The van der Waals surface area contributed by atoms with Gasteiger partial charge in [0, 0.05) is 17.8 Å². The van der Waals surface area contributed by atoms with Gasteiger partial charge in [-0.15, -0.1) is 11.3 Å². The van der Waals surface area contributed by atoms with Crippen molar-refractivity contribution in [2.75, 3.05) is 5.32 Å². The first-order chi connectivity index (χ1) is 10.1. The minimum absolute atomic E-state index is 0.263. The van der Waals surface area contributed by atoms with Gasteiger partial charge >= 0.3 is 0 Å². The fourth-order valence-corrected chi connectivity index (χ4v) is 2.33. The number of hydrogen-bond donors (Lipinski definition) is 3. The van der Waals surface area contributed by atoms with Gasteiger partial charge in [-0.05, 0) is 18.4 Å². The molecule has 2 rings (SSSR count). The van der Waals surface area contributed by atoms with Gasteiger partial charge in [0.15, 0.2) is 5.13 Å². The van der Waals surface area contributed by atoms with Gasteiger partial charge in [-0.25, -0.2) is 4.98 Å². The van der Waals surface area contributed by atoms with E-state index in [1.54, 1.807) is 17.6 Å². The number of aromatic amines is 1. The lowest BCUT2D eigenvalue weighted by molar-refractivity contribution is -0.118. The molecule has 0 aromatic carbocycles. The van der Waals surface area contributed by atoms with Crippen LogP contribution in [0, 0.1) is 5.92 Å².